The molecule has 0 saturated carbocycles. The number of amides is 1. The van der Waals surface area contributed by atoms with E-state index in [0.29, 0.717) is 11.7 Å². The minimum Gasteiger partial charge on any atom is -0.508 e. The molecule has 0 radical (unpaired) electrons. The van der Waals surface area contributed by atoms with Gasteiger partial charge in [0.15, 0.2) is 11.0 Å². The molecule has 7 nitrogen and oxygen atoms in total. The highest BCUT2D eigenvalue weighted by molar-refractivity contribution is 7.99. The van der Waals surface area contributed by atoms with Gasteiger partial charge in [0, 0.05) is 12.1 Å². The second-order valence-corrected chi connectivity index (χ2v) is 7.07. The highest BCUT2D eigenvalue weighted by Crippen LogP contribution is 2.23. The minimum absolute atomic E-state index is 0.181. The van der Waals surface area contributed by atoms with Crippen LogP contribution in [0, 0.1) is 0 Å². The zero-order valence-electron chi connectivity index (χ0n) is 16.3. The molecule has 1 aromatic heterocycles. The van der Waals surface area contributed by atoms with Crippen molar-refractivity contribution in [1.29, 1.82) is 0 Å². The van der Waals surface area contributed by atoms with Gasteiger partial charge in [-0.3, -0.25) is 15.6 Å². The van der Waals surface area contributed by atoms with Crippen molar-refractivity contribution in [3.05, 3.63) is 66.2 Å². The van der Waals surface area contributed by atoms with Gasteiger partial charge in [0.05, 0.1) is 11.4 Å². The molecular weight excluding hydrogens is 386 g/mol. The average molecular weight is 410 g/mol. The fourth-order valence-electron chi connectivity index (χ4n) is 2.74. The van der Waals surface area contributed by atoms with Crippen LogP contribution in [-0.4, -0.2) is 31.5 Å². The van der Waals surface area contributed by atoms with E-state index in [2.05, 4.69) is 21.0 Å². The molecule has 0 atom stereocenters. The third kappa shape index (κ3) is 5.17. The van der Waals surface area contributed by atoms with Crippen molar-refractivity contribution in [2.24, 2.45) is 0 Å². The Kier molecular flexibility index (Phi) is 6.91. The topological polar surface area (TPSA) is 92.1 Å². The third-order valence-electron chi connectivity index (χ3n) is 4.20. The Morgan fingerprint density at radius 3 is 2.48 bits per heavy atom. The molecule has 8 heteroatoms. The fourth-order valence-corrected chi connectivity index (χ4v) is 3.54. The first kappa shape index (κ1) is 20.5. The summed E-state index contributed by atoms with van der Waals surface area (Å²) in [6, 6.07) is 16.6. The highest BCUT2D eigenvalue weighted by Gasteiger charge is 2.14. The first-order valence-electron chi connectivity index (χ1n) is 9.24. The van der Waals surface area contributed by atoms with Crippen LogP contribution in [0.2, 0.25) is 0 Å². The van der Waals surface area contributed by atoms with E-state index in [0.717, 1.165) is 22.6 Å². The van der Waals surface area contributed by atoms with Gasteiger partial charge in [0.25, 0.3) is 0 Å². The van der Waals surface area contributed by atoms with Gasteiger partial charge in [-0.05, 0) is 43.7 Å². The molecule has 0 spiro atoms. The molecule has 2 aromatic carbocycles. The summed E-state index contributed by atoms with van der Waals surface area (Å²) in [6.07, 6.45) is 1.85. The van der Waals surface area contributed by atoms with E-state index in [-0.39, 0.29) is 17.4 Å². The number of carbonyl (C=O) groups is 1. The Balaban J connectivity index is 1.58. The number of nitrogens with one attached hydrogen (secondary N) is 2. The normalized spacial score (nSPS) is 11.3. The number of allylic oxidation sites excluding steroid dienone is 1. The second-order valence-electron chi connectivity index (χ2n) is 6.13. The summed E-state index contributed by atoms with van der Waals surface area (Å²) in [5.74, 6) is 1.00. The number of hydrazine groups is 1. The Morgan fingerprint density at radius 1 is 1.10 bits per heavy atom. The Hall–Kier alpha value is -3.26. The zero-order chi connectivity index (χ0) is 20.6. The van der Waals surface area contributed by atoms with Gasteiger partial charge >= 0.3 is 0 Å². The van der Waals surface area contributed by atoms with E-state index in [1.54, 1.807) is 24.3 Å². The van der Waals surface area contributed by atoms with Crippen molar-refractivity contribution in [3.8, 4) is 17.1 Å². The van der Waals surface area contributed by atoms with Gasteiger partial charge in [0.2, 0.25) is 5.91 Å². The number of rotatable bonds is 8. The maximum absolute atomic E-state index is 12.3. The molecule has 3 aromatic rings. The van der Waals surface area contributed by atoms with Crippen LogP contribution in [0.25, 0.3) is 17.1 Å². The lowest BCUT2D eigenvalue weighted by Gasteiger charge is -2.12. The van der Waals surface area contributed by atoms with E-state index in [4.69, 9.17) is 0 Å². The molecule has 150 valence electrons. The fraction of sp³-hybridized carbons (Fsp3) is 0.190. The van der Waals surface area contributed by atoms with Crippen molar-refractivity contribution in [1.82, 2.24) is 25.6 Å². The number of phenols is 1. The highest BCUT2D eigenvalue weighted by atomic mass is 32.2. The largest absolute Gasteiger partial charge is 0.508 e. The van der Waals surface area contributed by atoms with Crippen molar-refractivity contribution in [3.63, 3.8) is 0 Å². The van der Waals surface area contributed by atoms with Gasteiger partial charge < -0.3 is 9.67 Å². The predicted molar refractivity (Wildman–Crippen MR) is 115 cm³/mol. The van der Waals surface area contributed by atoms with E-state index in [1.807, 2.05) is 54.8 Å². The number of phenolic OH excluding ortho intramolecular Hbond substituents is 1. The number of hydrogen-bond donors (Lipinski definition) is 3. The standard InChI is InChI=1S/C21H23N5O2S/c1-3-18(15-10-12-17(27)13-11-15)22-23-19(28)14-29-21-25-24-20(26(21)4-2)16-8-6-5-7-9-16/h3,5-13,22,27H,4,14H2,1-2H3,(H,23,28)/b18-3+. The second kappa shape index (κ2) is 9.79. The molecular formula is C21H23N5O2S. The van der Waals surface area contributed by atoms with Gasteiger partial charge in [-0.2, -0.15) is 0 Å². The average Bonchev–Trinajstić information content (AvgIpc) is 3.17. The zero-order valence-corrected chi connectivity index (χ0v) is 17.1. The van der Waals surface area contributed by atoms with Crippen molar-refractivity contribution >= 4 is 23.4 Å². The summed E-state index contributed by atoms with van der Waals surface area (Å²) in [7, 11) is 0. The number of nitrogens with zero attached hydrogens (tertiary/aromatic N) is 3. The molecule has 3 N–H and O–H groups in total. The molecule has 0 fully saturated rings. The number of hydrogen-bond acceptors (Lipinski definition) is 6. The molecule has 0 aliphatic carbocycles. The number of carbonyl (C=O) groups excluding carboxylic acids is 1. The Morgan fingerprint density at radius 2 is 1.83 bits per heavy atom. The summed E-state index contributed by atoms with van der Waals surface area (Å²) in [6.45, 7) is 4.60. The third-order valence-corrected chi connectivity index (χ3v) is 5.17. The molecule has 0 unspecified atom stereocenters. The monoisotopic (exact) mass is 409 g/mol. The molecule has 29 heavy (non-hydrogen) atoms. The van der Waals surface area contributed by atoms with E-state index in [9.17, 15) is 9.90 Å². The lowest BCUT2D eigenvalue weighted by atomic mass is 10.1. The quantitative estimate of drug-likeness (QED) is 0.390. The van der Waals surface area contributed by atoms with Crippen molar-refractivity contribution in [2.45, 2.75) is 25.5 Å². The summed E-state index contributed by atoms with van der Waals surface area (Å²) in [5.41, 5.74) is 8.21. The summed E-state index contributed by atoms with van der Waals surface area (Å²) in [5, 5.41) is 18.6. The van der Waals surface area contributed by atoms with Gasteiger partial charge in [0.1, 0.15) is 5.75 Å². The molecule has 0 bridgehead atoms. The minimum atomic E-state index is -0.181. The lowest BCUT2D eigenvalue weighted by Crippen LogP contribution is -2.37. The maximum Gasteiger partial charge on any atom is 0.248 e. The molecule has 1 amide bonds. The Labute approximate surface area is 173 Å². The summed E-state index contributed by atoms with van der Waals surface area (Å²) < 4.78 is 1.99. The molecule has 0 saturated heterocycles. The first-order chi connectivity index (χ1) is 14.1. The van der Waals surface area contributed by atoms with Crippen LogP contribution in [0.5, 0.6) is 5.75 Å². The number of thioether (sulfide) groups is 1. The van der Waals surface area contributed by atoms with E-state index < -0.39 is 0 Å². The summed E-state index contributed by atoms with van der Waals surface area (Å²) >= 11 is 1.34. The van der Waals surface area contributed by atoms with Crippen LogP contribution in [0.4, 0.5) is 0 Å². The first-order valence-corrected chi connectivity index (χ1v) is 10.2. The predicted octanol–water partition coefficient (Wildman–Crippen LogP) is 3.44. The molecule has 3 rings (SSSR count). The van der Waals surface area contributed by atoms with Crippen LogP contribution < -0.4 is 10.9 Å². The number of benzene rings is 2. The molecule has 0 aliphatic rings. The number of aromatic nitrogens is 3. The van der Waals surface area contributed by atoms with Crippen LogP contribution in [-0.2, 0) is 11.3 Å². The smallest absolute Gasteiger partial charge is 0.248 e. The molecule has 1 heterocycles. The number of aromatic hydroxyl groups is 1. The van der Waals surface area contributed by atoms with E-state index in [1.165, 1.54) is 11.8 Å². The lowest BCUT2D eigenvalue weighted by molar-refractivity contribution is -0.119. The van der Waals surface area contributed by atoms with Crippen LogP contribution >= 0.6 is 11.8 Å². The van der Waals surface area contributed by atoms with Crippen molar-refractivity contribution < 1.29 is 9.90 Å². The SMILES string of the molecule is C/C=C(/NNC(=O)CSc1nnc(-c2ccccc2)n1CC)c1ccc(O)cc1. The van der Waals surface area contributed by atoms with Crippen molar-refractivity contribution in [2.75, 3.05) is 5.75 Å². The molecule has 0 aliphatic heterocycles. The van der Waals surface area contributed by atoms with Gasteiger partial charge in [-0.1, -0.05) is 48.2 Å². The van der Waals surface area contributed by atoms with E-state index >= 15 is 0 Å². The maximum atomic E-state index is 12.3. The van der Waals surface area contributed by atoms with Crippen LogP contribution in [0.3, 0.4) is 0 Å². The van der Waals surface area contributed by atoms with Gasteiger partial charge in [-0.15, -0.1) is 10.2 Å². The van der Waals surface area contributed by atoms with Gasteiger partial charge in [-0.25, -0.2) is 0 Å². The van der Waals surface area contributed by atoms with Crippen LogP contribution in [0.1, 0.15) is 19.4 Å². The Bertz CT molecular complexity index is 984. The summed E-state index contributed by atoms with van der Waals surface area (Å²) in [4.78, 5) is 12.3. The van der Waals surface area contributed by atoms with Crippen LogP contribution in [0.15, 0.2) is 65.8 Å².